The van der Waals surface area contributed by atoms with Crippen LogP contribution in [-0.2, 0) is 11.3 Å². The van der Waals surface area contributed by atoms with Crippen molar-refractivity contribution in [2.75, 3.05) is 18.9 Å². The predicted molar refractivity (Wildman–Crippen MR) is 72.3 cm³/mol. The molecule has 2 N–H and O–H groups in total. The smallest absolute Gasteiger partial charge is 0.264 e. The van der Waals surface area contributed by atoms with Gasteiger partial charge in [-0.1, -0.05) is 17.3 Å². The summed E-state index contributed by atoms with van der Waals surface area (Å²) in [5, 5.41) is 4.02. The van der Waals surface area contributed by atoms with Crippen LogP contribution in [0.15, 0.2) is 28.8 Å². The molecule has 0 saturated carbocycles. The lowest BCUT2D eigenvalue weighted by molar-refractivity contribution is 0.0830. The van der Waals surface area contributed by atoms with Gasteiger partial charge in [-0.15, -0.1) is 0 Å². The topological polar surface area (TPSA) is 83.4 Å². The maximum Gasteiger partial charge on any atom is 0.264 e. The van der Waals surface area contributed by atoms with Gasteiger partial charge < -0.3 is 19.7 Å². The Morgan fingerprint density at radius 1 is 1.25 bits per heavy atom. The molecule has 2 heterocycles. The van der Waals surface area contributed by atoms with Gasteiger partial charge in [-0.05, 0) is 25.0 Å². The third kappa shape index (κ3) is 2.91. The van der Waals surface area contributed by atoms with Gasteiger partial charge in [-0.3, -0.25) is 0 Å². The first-order valence-electron chi connectivity index (χ1n) is 6.70. The Morgan fingerprint density at radius 3 is 2.85 bits per heavy atom. The molecule has 0 unspecified atom stereocenters. The van der Waals surface area contributed by atoms with Crippen molar-refractivity contribution in [1.29, 1.82) is 0 Å². The van der Waals surface area contributed by atoms with Gasteiger partial charge in [0.25, 0.3) is 5.89 Å². The van der Waals surface area contributed by atoms with Crippen LogP contribution < -0.4 is 10.5 Å². The number of rotatable bonds is 4. The summed E-state index contributed by atoms with van der Waals surface area (Å²) in [6.45, 7) is 1.74. The van der Waals surface area contributed by atoms with E-state index in [4.69, 9.17) is 19.7 Å². The summed E-state index contributed by atoms with van der Waals surface area (Å²) >= 11 is 0. The number of aromatic nitrogens is 2. The lowest BCUT2D eigenvalue weighted by Crippen LogP contribution is -2.15. The van der Waals surface area contributed by atoms with Gasteiger partial charge in [0, 0.05) is 19.1 Å². The van der Waals surface area contributed by atoms with Crippen molar-refractivity contribution in [2.24, 2.45) is 0 Å². The highest BCUT2D eigenvalue weighted by molar-refractivity contribution is 5.51. The molecular formula is C14H17N3O3. The summed E-state index contributed by atoms with van der Waals surface area (Å²) in [5.74, 6) is 2.16. The molecule has 1 aromatic heterocycles. The molecule has 1 fully saturated rings. The quantitative estimate of drug-likeness (QED) is 0.860. The molecule has 0 spiro atoms. The minimum absolute atomic E-state index is 0.227. The summed E-state index contributed by atoms with van der Waals surface area (Å²) in [4.78, 5) is 4.38. The average Bonchev–Trinajstić information content (AvgIpc) is 2.96. The zero-order valence-corrected chi connectivity index (χ0v) is 11.1. The molecule has 1 aliphatic heterocycles. The Balaban J connectivity index is 1.61. The highest BCUT2D eigenvalue weighted by Gasteiger charge is 2.21. The van der Waals surface area contributed by atoms with E-state index in [1.165, 1.54) is 0 Å². The molecule has 0 aliphatic carbocycles. The minimum Gasteiger partial charge on any atom is -0.482 e. The standard InChI is InChI=1S/C14H17N3O3/c15-11-3-1-2-4-12(11)19-9-13-16-14(17-20-13)10-5-7-18-8-6-10/h1-4,10H,5-9,15H2. The van der Waals surface area contributed by atoms with Gasteiger partial charge in [0.1, 0.15) is 5.75 Å². The van der Waals surface area contributed by atoms with Gasteiger partial charge >= 0.3 is 0 Å². The van der Waals surface area contributed by atoms with Crippen LogP contribution in [0.5, 0.6) is 5.75 Å². The fourth-order valence-electron chi connectivity index (χ4n) is 2.20. The van der Waals surface area contributed by atoms with E-state index >= 15 is 0 Å². The monoisotopic (exact) mass is 275 g/mol. The number of ether oxygens (including phenoxy) is 2. The van der Waals surface area contributed by atoms with Crippen LogP contribution in [0.4, 0.5) is 5.69 Å². The number of nitrogens with zero attached hydrogens (tertiary/aromatic N) is 2. The number of para-hydroxylation sites is 2. The van der Waals surface area contributed by atoms with Crippen LogP contribution in [0.2, 0.25) is 0 Å². The maximum absolute atomic E-state index is 5.80. The fourth-order valence-corrected chi connectivity index (χ4v) is 2.20. The average molecular weight is 275 g/mol. The summed E-state index contributed by atoms with van der Waals surface area (Å²) in [6.07, 6.45) is 1.87. The van der Waals surface area contributed by atoms with Gasteiger partial charge in [0.05, 0.1) is 5.69 Å². The maximum atomic E-state index is 5.80. The zero-order chi connectivity index (χ0) is 13.8. The molecule has 1 aromatic carbocycles. The first-order valence-corrected chi connectivity index (χ1v) is 6.70. The Bertz CT molecular complexity index is 564. The van der Waals surface area contributed by atoms with Crippen molar-refractivity contribution >= 4 is 5.69 Å². The van der Waals surface area contributed by atoms with Crippen LogP contribution in [0.25, 0.3) is 0 Å². The zero-order valence-electron chi connectivity index (χ0n) is 11.1. The molecule has 0 amide bonds. The molecule has 106 valence electrons. The van der Waals surface area contributed by atoms with E-state index in [-0.39, 0.29) is 6.61 Å². The van der Waals surface area contributed by atoms with Crippen LogP contribution in [0.3, 0.4) is 0 Å². The molecule has 0 atom stereocenters. The Morgan fingerprint density at radius 2 is 2.05 bits per heavy atom. The second kappa shape index (κ2) is 5.92. The third-order valence-corrected chi connectivity index (χ3v) is 3.34. The third-order valence-electron chi connectivity index (χ3n) is 3.34. The lowest BCUT2D eigenvalue weighted by atomic mass is 10.00. The molecule has 6 nitrogen and oxygen atoms in total. The van der Waals surface area contributed by atoms with E-state index in [2.05, 4.69) is 10.1 Å². The number of anilines is 1. The highest BCUT2D eigenvalue weighted by atomic mass is 16.5. The summed E-state index contributed by atoms with van der Waals surface area (Å²) in [5.41, 5.74) is 6.40. The van der Waals surface area contributed by atoms with Crippen molar-refractivity contribution in [1.82, 2.24) is 10.1 Å². The van der Waals surface area contributed by atoms with E-state index in [0.29, 0.717) is 23.2 Å². The number of hydrogen-bond acceptors (Lipinski definition) is 6. The van der Waals surface area contributed by atoms with Gasteiger partial charge in [0.2, 0.25) is 0 Å². The molecule has 1 saturated heterocycles. The van der Waals surface area contributed by atoms with Crippen LogP contribution in [-0.4, -0.2) is 23.4 Å². The Hall–Kier alpha value is -2.08. The van der Waals surface area contributed by atoms with Crippen molar-refractivity contribution in [3.05, 3.63) is 36.0 Å². The van der Waals surface area contributed by atoms with E-state index in [1.54, 1.807) is 6.07 Å². The largest absolute Gasteiger partial charge is 0.482 e. The van der Waals surface area contributed by atoms with Crippen LogP contribution >= 0.6 is 0 Å². The molecule has 0 bridgehead atoms. The molecule has 3 rings (SSSR count). The predicted octanol–water partition coefficient (Wildman–Crippen LogP) is 2.12. The summed E-state index contributed by atoms with van der Waals surface area (Å²) < 4.78 is 16.1. The van der Waals surface area contributed by atoms with E-state index in [1.807, 2.05) is 18.2 Å². The SMILES string of the molecule is Nc1ccccc1OCc1nc(C2CCOCC2)no1. The van der Waals surface area contributed by atoms with E-state index < -0.39 is 0 Å². The summed E-state index contributed by atoms with van der Waals surface area (Å²) in [6, 6.07) is 7.33. The minimum atomic E-state index is 0.227. The van der Waals surface area contributed by atoms with Crippen molar-refractivity contribution < 1.29 is 14.0 Å². The summed E-state index contributed by atoms with van der Waals surface area (Å²) in [7, 11) is 0. The molecule has 2 aromatic rings. The van der Waals surface area contributed by atoms with E-state index in [0.717, 1.165) is 31.9 Å². The number of nitrogens with two attached hydrogens (primary N) is 1. The Labute approximate surface area is 116 Å². The van der Waals surface area contributed by atoms with Gasteiger partial charge in [0.15, 0.2) is 12.4 Å². The number of nitrogen functional groups attached to an aromatic ring is 1. The normalized spacial score (nSPS) is 16.2. The van der Waals surface area contributed by atoms with Crippen LogP contribution in [0.1, 0.15) is 30.5 Å². The number of benzene rings is 1. The molecular weight excluding hydrogens is 258 g/mol. The molecule has 1 aliphatic rings. The second-order valence-corrected chi connectivity index (χ2v) is 4.76. The van der Waals surface area contributed by atoms with Crippen molar-refractivity contribution in [3.8, 4) is 5.75 Å². The van der Waals surface area contributed by atoms with Crippen molar-refractivity contribution in [2.45, 2.75) is 25.4 Å². The first-order chi connectivity index (χ1) is 9.83. The Kier molecular flexibility index (Phi) is 3.83. The molecule has 0 radical (unpaired) electrons. The molecule has 20 heavy (non-hydrogen) atoms. The van der Waals surface area contributed by atoms with E-state index in [9.17, 15) is 0 Å². The van der Waals surface area contributed by atoms with Gasteiger partial charge in [-0.2, -0.15) is 4.98 Å². The fraction of sp³-hybridized carbons (Fsp3) is 0.429. The molecule has 6 heteroatoms. The van der Waals surface area contributed by atoms with Crippen molar-refractivity contribution in [3.63, 3.8) is 0 Å². The second-order valence-electron chi connectivity index (χ2n) is 4.76. The lowest BCUT2D eigenvalue weighted by Gasteiger charge is -2.18. The highest BCUT2D eigenvalue weighted by Crippen LogP contribution is 2.25. The first kappa shape index (κ1) is 12.9. The van der Waals surface area contributed by atoms with Gasteiger partial charge in [-0.25, -0.2) is 0 Å². The van der Waals surface area contributed by atoms with Crippen LogP contribution in [0, 0.1) is 0 Å². The number of hydrogen-bond donors (Lipinski definition) is 1.